The first-order valence-corrected chi connectivity index (χ1v) is 4.93. The fourth-order valence-corrected chi connectivity index (χ4v) is 1.90. The van der Waals surface area contributed by atoms with Gasteiger partial charge in [-0.2, -0.15) is 0 Å². The van der Waals surface area contributed by atoms with E-state index in [1.165, 1.54) is 20.0 Å². The van der Waals surface area contributed by atoms with Crippen LogP contribution in [0.1, 0.15) is 19.3 Å². The van der Waals surface area contributed by atoms with Crippen LogP contribution in [-0.4, -0.2) is 39.4 Å². The molecule has 1 saturated carbocycles. The molecule has 0 aliphatic heterocycles. The van der Waals surface area contributed by atoms with Crippen molar-refractivity contribution in [2.75, 3.05) is 27.9 Å². The van der Waals surface area contributed by atoms with Crippen LogP contribution in [0.2, 0.25) is 0 Å². The minimum atomic E-state index is -0.220. The fourth-order valence-electron chi connectivity index (χ4n) is 1.90. The van der Waals surface area contributed by atoms with E-state index < -0.39 is 0 Å². The SMILES string of the molecule is CNC(COC)(CC(=O)OC)C1CC1. The van der Waals surface area contributed by atoms with Gasteiger partial charge in [0.1, 0.15) is 0 Å². The molecule has 1 rings (SSSR count). The number of rotatable bonds is 6. The van der Waals surface area contributed by atoms with Gasteiger partial charge in [0.15, 0.2) is 0 Å². The monoisotopic (exact) mass is 201 g/mol. The van der Waals surface area contributed by atoms with Crippen LogP contribution in [0.4, 0.5) is 0 Å². The largest absolute Gasteiger partial charge is 0.469 e. The standard InChI is InChI=1S/C10H19NO3/c1-11-10(7-13-2,8-4-5-8)6-9(12)14-3/h8,11H,4-7H2,1-3H3. The molecule has 0 radical (unpaired) electrons. The molecule has 1 unspecified atom stereocenters. The van der Waals surface area contributed by atoms with Crippen molar-refractivity contribution in [3.8, 4) is 0 Å². The second kappa shape index (κ2) is 4.75. The van der Waals surface area contributed by atoms with E-state index in [1.807, 2.05) is 7.05 Å². The Morgan fingerprint density at radius 1 is 1.50 bits per heavy atom. The normalized spacial score (nSPS) is 20.2. The summed E-state index contributed by atoms with van der Waals surface area (Å²) < 4.78 is 9.87. The summed E-state index contributed by atoms with van der Waals surface area (Å²) in [5.41, 5.74) is -0.220. The zero-order valence-electron chi connectivity index (χ0n) is 9.13. The van der Waals surface area contributed by atoms with E-state index in [-0.39, 0.29) is 11.5 Å². The highest BCUT2D eigenvalue weighted by atomic mass is 16.5. The third-order valence-electron chi connectivity index (χ3n) is 2.95. The fraction of sp³-hybridized carbons (Fsp3) is 0.900. The van der Waals surface area contributed by atoms with E-state index >= 15 is 0 Å². The summed E-state index contributed by atoms with van der Waals surface area (Å²) in [4.78, 5) is 11.3. The van der Waals surface area contributed by atoms with Gasteiger partial charge in [-0.05, 0) is 25.8 Å². The third-order valence-corrected chi connectivity index (χ3v) is 2.95. The summed E-state index contributed by atoms with van der Waals surface area (Å²) >= 11 is 0. The van der Waals surface area contributed by atoms with Crippen LogP contribution in [0.5, 0.6) is 0 Å². The molecular weight excluding hydrogens is 182 g/mol. The Balaban J connectivity index is 2.62. The highest BCUT2D eigenvalue weighted by Gasteiger charge is 2.45. The smallest absolute Gasteiger partial charge is 0.307 e. The molecule has 0 aromatic carbocycles. The Hall–Kier alpha value is -0.610. The number of esters is 1. The predicted octanol–water partition coefficient (Wildman–Crippen LogP) is 0.564. The summed E-state index contributed by atoms with van der Waals surface area (Å²) in [5.74, 6) is 0.370. The van der Waals surface area contributed by atoms with Crippen LogP contribution < -0.4 is 5.32 Å². The Morgan fingerprint density at radius 3 is 2.50 bits per heavy atom. The molecule has 14 heavy (non-hydrogen) atoms. The lowest BCUT2D eigenvalue weighted by Crippen LogP contribution is -2.50. The Bertz CT molecular complexity index is 204. The molecule has 4 heteroatoms. The molecule has 0 aromatic heterocycles. The Kier molecular flexibility index (Phi) is 3.89. The zero-order chi connectivity index (χ0) is 10.6. The number of methoxy groups -OCH3 is 2. The molecule has 0 heterocycles. The van der Waals surface area contributed by atoms with Gasteiger partial charge < -0.3 is 14.8 Å². The lowest BCUT2D eigenvalue weighted by molar-refractivity contribution is -0.143. The molecule has 0 spiro atoms. The average molecular weight is 201 g/mol. The van der Waals surface area contributed by atoms with Crippen LogP contribution >= 0.6 is 0 Å². The van der Waals surface area contributed by atoms with Gasteiger partial charge in [0.2, 0.25) is 0 Å². The molecule has 1 N–H and O–H groups in total. The first kappa shape index (κ1) is 11.5. The molecule has 0 aromatic rings. The van der Waals surface area contributed by atoms with Crippen molar-refractivity contribution in [3.05, 3.63) is 0 Å². The molecule has 1 aliphatic rings. The van der Waals surface area contributed by atoms with Crippen LogP contribution in [0.3, 0.4) is 0 Å². The minimum absolute atomic E-state index is 0.178. The van der Waals surface area contributed by atoms with E-state index in [0.29, 0.717) is 18.9 Å². The van der Waals surface area contributed by atoms with Gasteiger partial charge in [0.05, 0.1) is 25.7 Å². The second-order valence-electron chi connectivity index (χ2n) is 3.87. The summed E-state index contributed by atoms with van der Waals surface area (Å²) in [6, 6.07) is 0. The third kappa shape index (κ3) is 2.45. The lowest BCUT2D eigenvalue weighted by atomic mass is 9.90. The van der Waals surface area contributed by atoms with Gasteiger partial charge in [0.25, 0.3) is 0 Å². The summed E-state index contributed by atoms with van der Waals surface area (Å²) in [6.45, 7) is 0.559. The van der Waals surface area contributed by atoms with E-state index in [0.717, 1.165) is 0 Å². The van der Waals surface area contributed by atoms with E-state index in [4.69, 9.17) is 9.47 Å². The van der Waals surface area contributed by atoms with Crippen LogP contribution in [0.25, 0.3) is 0 Å². The molecule has 0 saturated heterocycles. The number of likely N-dealkylation sites (N-methyl/N-ethyl adjacent to an activating group) is 1. The molecule has 82 valence electrons. The van der Waals surface area contributed by atoms with Gasteiger partial charge in [-0.15, -0.1) is 0 Å². The van der Waals surface area contributed by atoms with Gasteiger partial charge in [-0.25, -0.2) is 0 Å². The maximum absolute atomic E-state index is 11.3. The zero-order valence-corrected chi connectivity index (χ0v) is 9.13. The maximum atomic E-state index is 11.3. The molecule has 1 atom stereocenters. The van der Waals surface area contributed by atoms with E-state index in [1.54, 1.807) is 7.11 Å². The number of hydrogen-bond donors (Lipinski definition) is 1. The number of carbonyl (C=O) groups excluding carboxylic acids is 1. The van der Waals surface area contributed by atoms with Gasteiger partial charge >= 0.3 is 5.97 Å². The van der Waals surface area contributed by atoms with Crippen molar-refractivity contribution in [1.29, 1.82) is 0 Å². The Labute approximate surface area is 85.0 Å². The topological polar surface area (TPSA) is 47.6 Å². The predicted molar refractivity (Wildman–Crippen MR) is 53.0 cm³/mol. The highest BCUT2D eigenvalue weighted by molar-refractivity contribution is 5.71. The molecular formula is C10H19NO3. The van der Waals surface area contributed by atoms with Gasteiger partial charge in [-0.1, -0.05) is 0 Å². The average Bonchev–Trinajstić information content (AvgIpc) is 3.00. The van der Waals surface area contributed by atoms with E-state index in [2.05, 4.69) is 5.32 Å². The van der Waals surface area contributed by atoms with Crippen molar-refractivity contribution in [1.82, 2.24) is 5.32 Å². The number of hydrogen-bond acceptors (Lipinski definition) is 4. The molecule has 1 aliphatic carbocycles. The van der Waals surface area contributed by atoms with Crippen LogP contribution in [0.15, 0.2) is 0 Å². The van der Waals surface area contributed by atoms with Crippen molar-refractivity contribution in [3.63, 3.8) is 0 Å². The van der Waals surface area contributed by atoms with Crippen LogP contribution in [0, 0.1) is 5.92 Å². The number of ether oxygens (including phenoxy) is 2. The lowest BCUT2D eigenvalue weighted by Gasteiger charge is -2.32. The molecule has 4 nitrogen and oxygen atoms in total. The first-order chi connectivity index (χ1) is 6.68. The molecule has 1 fully saturated rings. The molecule has 0 bridgehead atoms. The summed E-state index contributed by atoms with van der Waals surface area (Å²) in [6.07, 6.45) is 2.72. The van der Waals surface area contributed by atoms with Crippen molar-refractivity contribution in [2.45, 2.75) is 24.8 Å². The van der Waals surface area contributed by atoms with Crippen LogP contribution in [-0.2, 0) is 14.3 Å². The quantitative estimate of drug-likeness (QED) is 0.638. The maximum Gasteiger partial charge on any atom is 0.307 e. The number of carbonyl (C=O) groups is 1. The van der Waals surface area contributed by atoms with Crippen molar-refractivity contribution < 1.29 is 14.3 Å². The van der Waals surface area contributed by atoms with Gasteiger partial charge in [0, 0.05) is 7.11 Å². The molecule has 0 amide bonds. The van der Waals surface area contributed by atoms with E-state index in [9.17, 15) is 4.79 Å². The highest BCUT2D eigenvalue weighted by Crippen LogP contribution is 2.41. The van der Waals surface area contributed by atoms with Crippen molar-refractivity contribution in [2.24, 2.45) is 5.92 Å². The first-order valence-electron chi connectivity index (χ1n) is 4.93. The number of nitrogens with one attached hydrogen (secondary N) is 1. The summed E-state index contributed by atoms with van der Waals surface area (Å²) in [7, 11) is 4.95. The Morgan fingerprint density at radius 2 is 2.14 bits per heavy atom. The summed E-state index contributed by atoms with van der Waals surface area (Å²) in [5, 5.41) is 3.22. The second-order valence-corrected chi connectivity index (χ2v) is 3.87. The minimum Gasteiger partial charge on any atom is -0.469 e. The van der Waals surface area contributed by atoms with Crippen molar-refractivity contribution >= 4 is 5.97 Å². The van der Waals surface area contributed by atoms with Gasteiger partial charge in [-0.3, -0.25) is 4.79 Å².